The Morgan fingerprint density at radius 3 is 1.61 bits per heavy atom. The average Bonchev–Trinajstić information content (AvgIpc) is 3.69. The van der Waals surface area contributed by atoms with Crippen LogP contribution in [0.15, 0.2) is 192 Å². The SMILES string of the molecule is c1ccc(N(c2ccccc2)c2ccc3c(c2)-c2ccccc2-c2ccccc2C32c3ccccc3-c3c2ccc2c3oc3ccccc32)cc1. The van der Waals surface area contributed by atoms with Crippen molar-refractivity contribution < 1.29 is 4.42 Å². The zero-order chi connectivity index (χ0) is 33.5. The molecule has 0 fully saturated rings. The van der Waals surface area contributed by atoms with Crippen LogP contribution in [-0.2, 0) is 5.41 Å². The smallest absolute Gasteiger partial charge is 0.143 e. The minimum absolute atomic E-state index is 0.590. The summed E-state index contributed by atoms with van der Waals surface area (Å²) in [5, 5.41) is 2.30. The predicted molar refractivity (Wildman–Crippen MR) is 210 cm³/mol. The molecule has 0 saturated heterocycles. The first kappa shape index (κ1) is 28.2. The molecule has 2 heteroatoms. The first-order valence-corrected chi connectivity index (χ1v) is 17.6. The molecule has 2 aliphatic carbocycles. The van der Waals surface area contributed by atoms with E-state index in [1.54, 1.807) is 0 Å². The lowest BCUT2D eigenvalue weighted by atomic mass is 9.66. The van der Waals surface area contributed by atoms with Gasteiger partial charge in [0.15, 0.2) is 0 Å². The second-order valence-corrected chi connectivity index (χ2v) is 13.6. The average molecular weight is 650 g/mol. The number of fused-ring (bicyclic) bond motifs is 16. The maximum absolute atomic E-state index is 6.80. The van der Waals surface area contributed by atoms with Crippen molar-refractivity contribution in [2.45, 2.75) is 5.41 Å². The maximum atomic E-state index is 6.80. The van der Waals surface area contributed by atoms with Crippen LogP contribution in [-0.4, -0.2) is 0 Å². The molecule has 1 unspecified atom stereocenters. The Morgan fingerprint density at radius 2 is 0.882 bits per heavy atom. The van der Waals surface area contributed by atoms with Gasteiger partial charge in [-0.25, -0.2) is 0 Å². The molecule has 0 radical (unpaired) electrons. The fourth-order valence-electron chi connectivity index (χ4n) is 9.09. The van der Waals surface area contributed by atoms with Gasteiger partial charge < -0.3 is 9.32 Å². The Bertz CT molecular complexity index is 2770. The predicted octanol–water partition coefficient (Wildman–Crippen LogP) is 13.1. The number of furan rings is 1. The molecule has 238 valence electrons. The standard InChI is InChI=1S/C49H31NO/c1-3-15-32(16-4-1)50(33-17-5-2-6-18-33)34-27-29-44-41(31-34)36-20-8-7-19-35(36)37-21-9-12-24-42(37)49(44)43-25-13-10-23-40(43)47-45(49)30-28-39-38-22-11-14-26-46(38)51-48(39)47/h1-31H. The summed E-state index contributed by atoms with van der Waals surface area (Å²) >= 11 is 0. The maximum Gasteiger partial charge on any atom is 0.143 e. The summed E-state index contributed by atoms with van der Waals surface area (Å²) in [6.07, 6.45) is 0. The van der Waals surface area contributed by atoms with Crippen molar-refractivity contribution in [1.82, 2.24) is 0 Å². The van der Waals surface area contributed by atoms with Gasteiger partial charge in [0.2, 0.25) is 0 Å². The van der Waals surface area contributed by atoms with Crippen molar-refractivity contribution in [3.8, 4) is 33.4 Å². The molecule has 1 aromatic heterocycles. The van der Waals surface area contributed by atoms with Crippen LogP contribution >= 0.6 is 0 Å². The fourth-order valence-corrected chi connectivity index (χ4v) is 9.09. The van der Waals surface area contributed by atoms with Crippen LogP contribution in [0.1, 0.15) is 22.3 Å². The molecular weight excluding hydrogens is 619 g/mol. The summed E-state index contributed by atoms with van der Waals surface area (Å²) in [6, 6.07) is 68.5. The third-order valence-electron chi connectivity index (χ3n) is 11.1. The summed E-state index contributed by atoms with van der Waals surface area (Å²) in [7, 11) is 0. The molecule has 9 aromatic rings. The van der Waals surface area contributed by atoms with E-state index in [2.05, 4.69) is 193 Å². The molecule has 0 aliphatic heterocycles. The molecule has 2 nitrogen and oxygen atoms in total. The number of hydrogen-bond acceptors (Lipinski definition) is 2. The van der Waals surface area contributed by atoms with Gasteiger partial charge in [0.1, 0.15) is 11.2 Å². The molecule has 11 rings (SSSR count). The molecule has 1 spiro atoms. The van der Waals surface area contributed by atoms with Gasteiger partial charge in [-0.1, -0.05) is 146 Å². The zero-order valence-corrected chi connectivity index (χ0v) is 27.8. The minimum Gasteiger partial charge on any atom is -0.455 e. The second kappa shape index (κ2) is 10.7. The van der Waals surface area contributed by atoms with Gasteiger partial charge in [-0.05, 0) is 92.5 Å². The van der Waals surface area contributed by atoms with Crippen LogP contribution in [0.4, 0.5) is 17.1 Å². The van der Waals surface area contributed by atoms with Crippen molar-refractivity contribution in [1.29, 1.82) is 0 Å². The molecule has 1 heterocycles. The fraction of sp³-hybridized carbons (Fsp3) is 0.0204. The number of benzene rings is 8. The number of rotatable bonds is 3. The summed E-state index contributed by atoms with van der Waals surface area (Å²) in [4.78, 5) is 2.36. The number of anilines is 3. The van der Waals surface area contributed by atoms with Gasteiger partial charge in [-0.3, -0.25) is 0 Å². The topological polar surface area (TPSA) is 16.4 Å². The third-order valence-corrected chi connectivity index (χ3v) is 11.1. The van der Waals surface area contributed by atoms with E-state index in [0.29, 0.717) is 0 Å². The first-order chi connectivity index (χ1) is 25.3. The lowest BCUT2D eigenvalue weighted by molar-refractivity contribution is 0.669. The van der Waals surface area contributed by atoms with Gasteiger partial charge in [-0.2, -0.15) is 0 Å². The van der Waals surface area contributed by atoms with E-state index < -0.39 is 5.41 Å². The van der Waals surface area contributed by atoms with Crippen LogP contribution < -0.4 is 4.90 Å². The van der Waals surface area contributed by atoms with Gasteiger partial charge in [-0.15, -0.1) is 0 Å². The lowest BCUT2D eigenvalue weighted by Gasteiger charge is -2.36. The van der Waals surface area contributed by atoms with Crippen molar-refractivity contribution in [3.05, 3.63) is 210 Å². The quantitative estimate of drug-likeness (QED) is 0.189. The van der Waals surface area contributed by atoms with E-state index >= 15 is 0 Å². The highest BCUT2D eigenvalue weighted by molar-refractivity contribution is 6.13. The molecule has 0 saturated carbocycles. The summed E-state index contributed by atoms with van der Waals surface area (Å²) in [5.74, 6) is 0. The van der Waals surface area contributed by atoms with Crippen LogP contribution in [0, 0.1) is 0 Å². The molecule has 0 N–H and O–H groups in total. The highest BCUT2D eigenvalue weighted by atomic mass is 16.3. The van der Waals surface area contributed by atoms with E-state index in [-0.39, 0.29) is 0 Å². The monoisotopic (exact) mass is 649 g/mol. The zero-order valence-electron chi connectivity index (χ0n) is 27.8. The van der Waals surface area contributed by atoms with Gasteiger partial charge in [0, 0.05) is 33.4 Å². The molecule has 0 amide bonds. The minimum atomic E-state index is -0.590. The van der Waals surface area contributed by atoms with E-state index in [9.17, 15) is 0 Å². The number of nitrogens with zero attached hydrogens (tertiary/aromatic N) is 1. The summed E-state index contributed by atoms with van der Waals surface area (Å²) in [5.41, 5.74) is 17.1. The van der Waals surface area contributed by atoms with Crippen LogP contribution in [0.5, 0.6) is 0 Å². The Balaban J connectivity index is 1.29. The second-order valence-electron chi connectivity index (χ2n) is 13.6. The van der Waals surface area contributed by atoms with Crippen molar-refractivity contribution in [2.75, 3.05) is 4.90 Å². The third kappa shape index (κ3) is 3.82. The van der Waals surface area contributed by atoms with Crippen molar-refractivity contribution in [2.24, 2.45) is 0 Å². The van der Waals surface area contributed by atoms with E-state index in [1.165, 1.54) is 55.6 Å². The van der Waals surface area contributed by atoms with Crippen molar-refractivity contribution in [3.63, 3.8) is 0 Å². The van der Waals surface area contributed by atoms with E-state index in [4.69, 9.17) is 4.42 Å². The lowest BCUT2D eigenvalue weighted by Crippen LogP contribution is -2.29. The van der Waals surface area contributed by atoms with Crippen molar-refractivity contribution >= 4 is 39.0 Å². The largest absolute Gasteiger partial charge is 0.455 e. The highest BCUT2D eigenvalue weighted by Gasteiger charge is 2.50. The van der Waals surface area contributed by atoms with Crippen LogP contribution in [0.3, 0.4) is 0 Å². The first-order valence-electron chi connectivity index (χ1n) is 17.6. The molecule has 1 atom stereocenters. The molecule has 2 aliphatic rings. The number of hydrogen-bond donors (Lipinski definition) is 0. The van der Waals surface area contributed by atoms with E-state index in [0.717, 1.165) is 39.0 Å². The van der Waals surface area contributed by atoms with Crippen LogP contribution in [0.25, 0.3) is 55.3 Å². The Kier molecular flexibility index (Phi) is 5.91. The van der Waals surface area contributed by atoms with Gasteiger partial charge in [0.25, 0.3) is 0 Å². The summed E-state index contributed by atoms with van der Waals surface area (Å²) in [6.45, 7) is 0. The summed E-state index contributed by atoms with van der Waals surface area (Å²) < 4.78 is 6.80. The van der Waals surface area contributed by atoms with Gasteiger partial charge >= 0.3 is 0 Å². The van der Waals surface area contributed by atoms with Gasteiger partial charge in [0.05, 0.1) is 5.41 Å². The Labute approximate surface area is 296 Å². The highest BCUT2D eigenvalue weighted by Crippen LogP contribution is 2.63. The Morgan fingerprint density at radius 1 is 0.353 bits per heavy atom. The molecule has 51 heavy (non-hydrogen) atoms. The van der Waals surface area contributed by atoms with E-state index in [1.807, 2.05) is 0 Å². The molecule has 8 aromatic carbocycles. The number of para-hydroxylation sites is 3. The Hall–Kier alpha value is -6.64. The molecular formula is C49H31NO. The normalized spacial score (nSPS) is 15.1. The molecule has 0 bridgehead atoms. The van der Waals surface area contributed by atoms with Crippen LogP contribution in [0.2, 0.25) is 0 Å².